The van der Waals surface area contributed by atoms with Crippen LogP contribution in [-0.2, 0) is 14.6 Å². The lowest BCUT2D eigenvalue weighted by Gasteiger charge is -2.31. The highest BCUT2D eigenvalue weighted by molar-refractivity contribution is 14.0. The minimum atomic E-state index is -2.81. The minimum Gasteiger partial charge on any atom is -0.379 e. The van der Waals surface area contributed by atoms with E-state index in [1.165, 1.54) is 0 Å². The third-order valence-corrected chi connectivity index (χ3v) is 6.29. The van der Waals surface area contributed by atoms with Crippen LogP contribution in [0.3, 0.4) is 0 Å². The van der Waals surface area contributed by atoms with Crippen LogP contribution < -0.4 is 10.6 Å². The number of halogens is 1. The number of hydrogen-bond donors (Lipinski definition) is 2. The topological polar surface area (TPSA) is 86.3 Å². The van der Waals surface area contributed by atoms with Gasteiger partial charge in [0, 0.05) is 51.9 Å². The van der Waals surface area contributed by atoms with Gasteiger partial charge >= 0.3 is 0 Å². The van der Waals surface area contributed by atoms with Gasteiger partial charge in [-0.05, 0) is 13.8 Å². The maximum atomic E-state index is 11.5. The third-order valence-electron chi connectivity index (χ3n) is 4.68. The van der Waals surface area contributed by atoms with Gasteiger partial charge in [-0.25, -0.2) is 8.42 Å². The number of nitrogens with one attached hydrogen (secondary N) is 2. The molecule has 26 heavy (non-hydrogen) atoms. The Labute approximate surface area is 175 Å². The first-order chi connectivity index (χ1) is 12.0. The summed E-state index contributed by atoms with van der Waals surface area (Å²) < 4.78 is 28.3. The molecule has 2 N–H and O–H groups in total. The Morgan fingerprint density at radius 2 is 1.81 bits per heavy atom. The zero-order chi connectivity index (χ0) is 18.1. The summed E-state index contributed by atoms with van der Waals surface area (Å²) in [6, 6.07) is 0.395. The van der Waals surface area contributed by atoms with E-state index in [4.69, 9.17) is 9.73 Å². The highest BCUT2D eigenvalue weighted by Crippen LogP contribution is 2.04. The van der Waals surface area contributed by atoms with Gasteiger partial charge in [0.05, 0.1) is 31.3 Å². The zero-order valence-corrected chi connectivity index (χ0v) is 19.1. The number of sulfone groups is 1. The Morgan fingerprint density at radius 3 is 2.42 bits per heavy atom. The molecule has 8 nitrogen and oxygen atoms in total. The number of rotatable bonds is 7. The van der Waals surface area contributed by atoms with E-state index >= 15 is 0 Å². The van der Waals surface area contributed by atoms with Gasteiger partial charge in [-0.1, -0.05) is 0 Å². The maximum absolute atomic E-state index is 11.5. The molecule has 2 aliphatic heterocycles. The average Bonchev–Trinajstić information content (AvgIpc) is 2.61. The minimum absolute atomic E-state index is 0. The first-order valence-electron chi connectivity index (χ1n) is 9.27. The third kappa shape index (κ3) is 8.68. The van der Waals surface area contributed by atoms with Gasteiger partial charge in [-0.15, -0.1) is 24.0 Å². The van der Waals surface area contributed by atoms with Crippen LogP contribution in [0.25, 0.3) is 0 Å². The van der Waals surface area contributed by atoms with Gasteiger partial charge in [-0.3, -0.25) is 14.8 Å². The first kappa shape index (κ1) is 23.9. The van der Waals surface area contributed by atoms with Crippen LogP contribution in [0.5, 0.6) is 0 Å². The molecule has 0 bridgehead atoms. The summed E-state index contributed by atoms with van der Waals surface area (Å²) >= 11 is 0. The molecule has 2 fully saturated rings. The van der Waals surface area contributed by atoms with Crippen LogP contribution in [0.1, 0.15) is 13.8 Å². The fraction of sp³-hybridized carbons (Fsp3) is 0.938. The van der Waals surface area contributed by atoms with Gasteiger partial charge in [0.25, 0.3) is 0 Å². The molecule has 0 spiro atoms. The van der Waals surface area contributed by atoms with Crippen molar-refractivity contribution in [1.82, 2.24) is 20.4 Å². The predicted molar refractivity (Wildman–Crippen MR) is 116 cm³/mol. The van der Waals surface area contributed by atoms with Crippen LogP contribution in [0, 0.1) is 0 Å². The zero-order valence-electron chi connectivity index (χ0n) is 15.9. The molecule has 0 aromatic rings. The molecule has 1 atom stereocenters. The Bertz CT molecular complexity index is 512. The van der Waals surface area contributed by atoms with Crippen molar-refractivity contribution < 1.29 is 13.2 Å². The first-order valence-corrected chi connectivity index (χ1v) is 11.1. The summed E-state index contributed by atoms with van der Waals surface area (Å²) in [4.78, 5) is 9.29. The Balaban J connectivity index is 0.00000338. The van der Waals surface area contributed by atoms with Crippen molar-refractivity contribution in [3.05, 3.63) is 0 Å². The second-order valence-corrected chi connectivity index (χ2v) is 8.94. The number of guanidine groups is 1. The molecule has 0 amide bonds. The highest BCUT2D eigenvalue weighted by Gasteiger charge is 2.21. The van der Waals surface area contributed by atoms with Crippen molar-refractivity contribution in [2.45, 2.75) is 19.9 Å². The Kier molecular flexibility index (Phi) is 11.3. The highest BCUT2D eigenvalue weighted by atomic mass is 127. The van der Waals surface area contributed by atoms with Crippen molar-refractivity contribution in [1.29, 1.82) is 0 Å². The quantitative estimate of drug-likeness (QED) is 0.278. The lowest BCUT2D eigenvalue weighted by atomic mass is 10.2. The fourth-order valence-electron chi connectivity index (χ4n) is 3.01. The van der Waals surface area contributed by atoms with Crippen molar-refractivity contribution in [2.75, 3.05) is 77.1 Å². The van der Waals surface area contributed by atoms with E-state index in [0.717, 1.165) is 58.4 Å². The number of aliphatic imine (C=N–C) groups is 1. The maximum Gasteiger partial charge on any atom is 0.191 e. The van der Waals surface area contributed by atoms with E-state index in [9.17, 15) is 8.42 Å². The van der Waals surface area contributed by atoms with Crippen LogP contribution in [-0.4, -0.2) is 107 Å². The number of hydrogen-bond acceptors (Lipinski definition) is 6. The molecule has 10 heteroatoms. The molecule has 1 unspecified atom stereocenters. The molecule has 0 aromatic heterocycles. The van der Waals surface area contributed by atoms with E-state index in [-0.39, 0.29) is 35.5 Å². The molecule has 0 saturated carbocycles. The van der Waals surface area contributed by atoms with E-state index in [2.05, 4.69) is 34.3 Å². The van der Waals surface area contributed by atoms with Gasteiger partial charge in [-0.2, -0.15) is 0 Å². The normalized spacial score (nSPS) is 23.1. The number of ether oxygens (including phenoxy) is 1. The van der Waals surface area contributed by atoms with Crippen LogP contribution in [0.2, 0.25) is 0 Å². The molecule has 2 rings (SSSR count). The smallest absolute Gasteiger partial charge is 0.191 e. The molecule has 2 heterocycles. The number of morpholine rings is 1. The fourth-order valence-corrected chi connectivity index (χ4v) is 4.28. The molecule has 154 valence electrons. The summed E-state index contributed by atoms with van der Waals surface area (Å²) in [5.41, 5.74) is 0. The predicted octanol–water partition coefficient (Wildman–Crippen LogP) is -0.389. The number of nitrogens with zero attached hydrogens (tertiary/aromatic N) is 3. The molecule has 0 aromatic carbocycles. The van der Waals surface area contributed by atoms with Gasteiger partial charge in [0.2, 0.25) is 0 Å². The SMILES string of the molecule is CCNC(=NCC(C)N1CCOCC1)NCCN1CCS(=O)(=O)CC1.I. The molecule has 0 aliphatic carbocycles. The van der Waals surface area contributed by atoms with E-state index in [1.54, 1.807) is 0 Å². The summed E-state index contributed by atoms with van der Waals surface area (Å²) in [6.07, 6.45) is 0. The monoisotopic (exact) mass is 503 g/mol. The van der Waals surface area contributed by atoms with Crippen molar-refractivity contribution in [3.63, 3.8) is 0 Å². The molecular formula is C16H34IN5O3S. The molecular weight excluding hydrogens is 469 g/mol. The average molecular weight is 503 g/mol. The van der Waals surface area contributed by atoms with E-state index in [1.807, 2.05) is 0 Å². The molecule has 2 aliphatic rings. The lowest BCUT2D eigenvalue weighted by molar-refractivity contribution is 0.0220. The standard InChI is InChI=1S/C16H33N5O3S.HI/c1-3-17-16(19-14-15(2)21-6-10-24-11-7-21)18-4-5-20-8-12-25(22,23)13-9-20;/h15H,3-14H2,1-2H3,(H2,17,18,19);1H. The van der Waals surface area contributed by atoms with Crippen molar-refractivity contribution in [2.24, 2.45) is 4.99 Å². The van der Waals surface area contributed by atoms with Crippen molar-refractivity contribution >= 4 is 39.8 Å². The van der Waals surface area contributed by atoms with Crippen LogP contribution in [0.15, 0.2) is 4.99 Å². The van der Waals surface area contributed by atoms with Crippen LogP contribution >= 0.6 is 24.0 Å². The summed E-state index contributed by atoms with van der Waals surface area (Å²) in [5, 5.41) is 6.62. The molecule has 2 saturated heterocycles. The van der Waals surface area contributed by atoms with Crippen molar-refractivity contribution in [3.8, 4) is 0 Å². The van der Waals surface area contributed by atoms with E-state index < -0.39 is 9.84 Å². The molecule has 0 radical (unpaired) electrons. The van der Waals surface area contributed by atoms with Crippen LogP contribution in [0.4, 0.5) is 0 Å². The van der Waals surface area contributed by atoms with Gasteiger partial charge in [0.15, 0.2) is 15.8 Å². The van der Waals surface area contributed by atoms with Gasteiger partial charge in [0.1, 0.15) is 0 Å². The Hall–Kier alpha value is -0.170. The lowest BCUT2D eigenvalue weighted by Crippen LogP contribution is -2.47. The largest absolute Gasteiger partial charge is 0.379 e. The second kappa shape index (κ2) is 12.3. The summed E-state index contributed by atoms with van der Waals surface area (Å²) in [7, 11) is -2.81. The van der Waals surface area contributed by atoms with E-state index in [0.29, 0.717) is 19.1 Å². The Morgan fingerprint density at radius 1 is 1.15 bits per heavy atom. The van der Waals surface area contributed by atoms with Gasteiger partial charge < -0.3 is 15.4 Å². The summed E-state index contributed by atoms with van der Waals surface area (Å²) in [6.45, 7) is 12.2. The second-order valence-electron chi connectivity index (χ2n) is 6.64. The summed E-state index contributed by atoms with van der Waals surface area (Å²) in [5.74, 6) is 1.38.